The molecule has 1 saturated carbocycles. The molecule has 0 aromatic heterocycles. The van der Waals surface area contributed by atoms with Crippen LogP contribution >= 0.6 is 0 Å². The van der Waals surface area contributed by atoms with E-state index in [1.807, 2.05) is 27.7 Å². The second-order valence-electron chi connectivity index (χ2n) is 3.70. The van der Waals surface area contributed by atoms with E-state index >= 15 is 0 Å². The maximum absolute atomic E-state index is 12.4. The average molecular weight is 164 g/mol. The van der Waals surface area contributed by atoms with Crippen LogP contribution in [-0.4, -0.2) is 5.92 Å². The van der Waals surface area contributed by atoms with E-state index in [0.717, 1.165) is 0 Å². The van der Waals surface area contributed by atoms with Crippen LogP contribution in [0.2, 0.25) is 0 Å². The van der Waals surface area contributed by atoms with Gasteiger partial charge in [0.2, 0.25) is 5.92 Å². The summed E-state index contributed by atoms with van der Waals surface area (Å²) in [5.41, 5.74) is -0.122. The van der Waals surface area contributed by atoms with Crippen LogP contribution in [0.25, 0.3) is 0 Å². The van der Waals surface area contributed by atoms with Gasteiger partial charge in [-0.05, 0) is 11.8 Å². The van der Waals surface area contributed by atoms with Crippen molar-refractivity contribution >= 4 is 0 Å². The summed E-state index contributed by atoms with van der Waals surface area (Å²) in [6.45, 7) is 7.79. The summed E-state index contributed by atoms with van der Waals surface area (Å²) in [6.07, 6.45) is 0.819. The summed E-state index contributed by atoms with van der Waals surface area (Å²) in [6, 6.07) is 0. The summed E-state index contributed by atoms with van der Waals surface area (Å²) < 4.78 is 24.9. The minimum atomic E-state index is -2.37. The van der Waals surface area contributed by atoms with E-state index in [0.29, 0.717) is 6.42 Å². The second-order valence-corrected chi connectivity index (χ2v) is 3.70. The zero-order valence-electron chi connectivity index (χ0n) is 7.88. The molecule has 0 atom stereocenters. The molecule has 0 aromatic carbocycles. The summed E-state index contributed by atoms with van der Waals surface area (Å²) in [7, 11) is 0. The molecule has 0 heterocycles. The Labute approximate surface area is 68.0 Å². The molecule has 68 valence electrons. The molecule has 0 amide bonds. The Morgan fingerprint density at radius 1 is 1.00 bits per heavy atom. The molecule has 0 aliphatic heterocycles. The van der Waals surface area contributed by atoms with Gasteiger partial charge in [-0.15, -0.1) is 0 Å². The molecule has 1 fully saturated rings. The van der Waals surface area contributed by atoms with E-state index in [1.165, 1.54) is 0 Å². The van der Waals surface area contributed by atoms with Crippen molar-refractivity contribution in [1.82, 2.24) is 0 Å². The lowest BCUT2D eigenvalue weighted by Gasteiger charge is -2.15. The molecule has 0 unspecified atom stereocenters. The summed E-state index contributed by atoms with van der Waals surface area (Å²) >= 11 is 0. The van der Waals surface area contributed by atoms with E-state index < -0.39 is 5.92 Å². The Hall–Kier alpha value is -0.140. The lowest BCUT2D eigenvalue weighted by molar-refractivity contribution is -0.000476. The molecule has 1 aliphatic rings. The van der Waals surface area contributed by atoms with Crippen molar-refractivity contribution in [3.63, 3.8) is 0 Å². The van der Waals surface area contributed by atoms with Crippen molar-refractivity contribution in [3.8, 4) is 0 Å². The van der Waals surface area contributed by atoms with Gasteiger partial charge < -0.3 is 0 Å². The van der Waals surface area contributed by atoms with Gasteiger partial charge in [-0.1, -0.05) is 27.7 Å². The fourth-order valence-corrected chi connectivity index (χ4v) is 1.40. The van der Waals surface area contributed by atoms with Crippen molar-refractivity contribution in [1.29, 1.82) is 0 Å². The van der Waals surface area contributed by atoms with Gasteiger partial charge in [0.15, 0.2) is 0 Å². The first-order valence-electron chi connectivity index (χ1n) is 4.29. The third-order valence-corrected chi connectivity index (χ3v) is 1.90. The maximum Gasteiger partial charge on any atom is 0.248 e. The molecule has 2 heteroatoms. The van der Waals surface area contributed by atoms with Crippen molar-refractivity contribution in [2.24, 2.45) is 5.41 Å². The minimum Gasteiger partial charge on any atom is -0.207 e. The molecular weight excluding hydrogens is 146 g/mol. The topological polar surface area (TPSA) is 0 Å². The Bertz CT molecular complexity index is 103. The molecule has 11 heavy (non-hydrogen) atoms. The molecule has 0 saturated heterocycles. The standard InChI is InChI=1S/C7H12F2.C2H6/c1-6(2)3-4-7(8,9)5-6;1-2/h3-5H2,1-2H3;1-2H3. The molecule has 0 aromatic rings. The number of hydrogen-bond donors (Lipinski definition) is 0. The Morgan fingerprint density at radius 3 is 1.55 bits per heavy atom. The first kappa shape index (κ1) is 10.9. The molecule has 1 rings (SSSR count). The van der Waals surface area contributed by atoms with Crippen molar-refractivity contribution in [2.45, 2.75) is 52.9 Å². The van der Waals surface area contributed by atoms with Crippen LogP contribution < -0.4 is 0 Å². The van der Waals surface area contributed by atoms with E-state index in [-0.39, 0.29) is 18.3 Å². The SMILES string of the molecule is CC.CC1(C)CCC(F)(F)C1. The first-order chi connectivity index (χ1) is 4.91. The largest absolute Gasteiger partial charge is 0.248 e. The molecule has 1 aliphatic carbocycles. The van der Waals surface area contributed by atoms with Gasteiger partial charge in [0.1, 0.15) is 0 Å². The van der Waals surface area contributed by atoms with Gasteiger partial charge in [0.05, 0.1) is 0 Å². The average Bonchev–Trinajstić information content (AvgIpc) is 2.10. The van der Waals surface area contributed by atoms with Gasteiger partial charge in [-0.3, -0.25) is 0 Å². The van der Waals surface area contributed by atoms with Crippen LogP contribution in [0.1, 0.15) is 47.0 Å². The smallest absolute Gasteiger partial charge is 0.207 e. The van der Waals surface area contributed by atoms with Gasteiger partial charge >= 0.3 is 0 Å². The summed E-state index contributed by atoms with van der Waals surface area (Å²) in [4.78, 5) is 0. The highest BCUT2D eigenvalue weighted by Crippen LogP contribution is 2.46. The zero-order chi connectivity index (χ0) is 9.12. The summed E-state index contributed by atoms with van der Waals surface area (Å²) in [5, 5.41) is 0. The molecule has 0 radical (unpaired) electrons. The predicted molar refractivity (Wildman–Crippen MR) is 43.9 cm³/mol. The Balaban J connectivity index is 0.000000461. The molecule has 0 spiro atoms. The van der Waals surface area contributed by atoms with Gasteiger partial charge in [-0.2, -0.15) is 0 Å². The van der Waals surface area contributed by atoms with E-state index in [2.05, 4.69) is 0 Å². The fraction of sp³-hybridized carbons (Fsp3) is 1.00. The highest BCUT2D eigenvalue weighted by Gasteiger charge is 2.43. The fourth-order valence-electron chi connectivity index (χ4n) is 1.40. The quantitative estimate of drug-likeness (QED) is 0.510. The highest BCUT2D eigenvalue weighted by atomic mass is 19.3. The molecular formula is C9H18F2. The lowest BCUT2D eigenvalue weighted by atomic mass is 9.92. The van der Waals surface area contributed by atoms with Crippen molar-refractivity contribution in [3.05, 3.63) is 0 Å². The van der Waals surface area contributed by atoms with Crippen LogP contribution in [-0.2, 0) is 0 Å². The van der Waals surface area contributed by atoms with Crippen LogP contribution in [0.4, 0.5) is 8.78 Å². The van der Waals surface area contributed by atoms with Gasteiger partial charge in [-0.25, -0.2) is 8.78 Å². The van der Waals surface area contributed by atoms with Crippen LogP contribution in [0, 0.1) is 5.41 Å². The van der Waals surface area contributed by atoms with Crippen molar-refractivity contribution < 1.29 is 8.78 Å². The number of halogens is 2. The number of hydrogen-bond acceptors (Lipinski definition) is 0. The van der Waals surface area contributed by atoms with Crippen LogP contribution in [0.15, 0.2) is 0 Å². The van der Waals surface area contributed by atoms with Gasteiger partial charge in [0, 0.05) is 12.8 Å². The Kier molecular flexibility index (Phi) is 3.46. The zero-order valence-corrected chi connectivity index (χ0v) is 7.88. The van der Waals surface area contributed by atoms with Crippen molar-refractivity contribution in [2.75, 3.05) is 0 Å². The van der Waals surface area contributed by atoms with Crippen LogP contribution in [0.3, 0.4) is 0 Å². The number of rotatable bonds is 0. The highest BCUT2D eigenvalue weighted by molar-refractivity contribution is 4.86. The minimum absolute atomic E-state index is 0.0694. The molecule has 0 nitrogen and oxygen atoms in total. The predicted octanol–water partition coefficient (Wildman–Crippen LogP) is 3.86. The third kappa shape index (κ3) is 3.68. The monoisotopic (exact) mass is 164 g/mol. The lowest BCUT2D eigenvalue weighted by Crippen LogP contribution is -2.13. The van der Waals surface area contributed by atoms with E-state index in [4.69, 9.17) is 0 Å². The summed E-state index contributed by atoms with van der Waals surface area (Å²) in [5.74, 6) is -2.37. The van der Waals surface area contributed by atoms with E-state index in [1.54, 1.807) is 0 Å². The van der Waals surface area contributed by atoms with Crippen LogP contribution in [0.5, 0.6) is 0 Å². The normalized spacial score (nSPS) is 25.6. The third-order valence-electron chi connectivity index (χ3n) is 1.90. The Morgan fingerprint density at radius 2 is 1.45 bits per heavy atom. The second kappa shape index (κ2) is 3.51. The molecule has 0 bridgehead atoms. The maximum atomic E-state index is 12.4. The first-order valence-corrected chi connectivity index (χ1v) is 4.29. The molecule has 0 N–H and O–H groups in total. The number of alkyl halides is 2. The van der Waals surface area contributed by atoms with Gasteiger partial charge in [0.25, 0.3) is 0 Å². The van der Waals surface area contributed by atoms with E-state index in [9.17, 15) is 8.78 Å².